The number of hydrogen-bond acceptors (Lipinski definition) is 4. The number of ether oxygens (including phenoxy) is 1. The van der Waals surface area contributed by atoms with Gasteiger partial charge < -0.3 is 15.0 Å². The number of nitrogen functional groups attached to an aromatic ring is 1. The van der Waals surface area contributed by atoms with Gasteiger partial charge in [0.1, 0.15) is 17.9 Å². The molecule has 5 nitrogen and oxygen atoms in total. The number of hydrogen-bond donors (Lipinski definition) is 1. The lowest BCUT2D eigenvalue weighted by molar-refractivity contribution is -0.144. The van der Waals surface area contributed by atoms with Crippen molar-refractivity contribution in [2.24, 2.45) is 0 Å². The molecule has 1 fully saturated rings. The van der Waals surface area contributed by atoms with Gasteiger partial charge in [0.2, 0.25) is 0 Å². The van der Waals surface area contributed by atoms with Gasteiger partial charge in [0.15, 0.2) is 0 Å². The Kier molecular flexibility index (Phi) is 3.34. The number of imidazole rings is 1. The third-order valence-electron chi connectivity index (χ3n) is 3.54. The molecule has 0 amide bonds. The molecule has 0 atom stereocenters. The summed E-state index contributed by atoms with van der Waals surface area (Å²) in [5.41, 5.74) is 8.34. The number of carbonyl (C=O) groups is 1. The van der Waals surface area contributed by atoms with Crippen LogP contribution in [0.4, 0.5) is 5.69 Å². The molecule has 106 valence electrons. The Morgan fingerprint density at radius 3 is 3.00 bits per heavy atom. The molecule has 1 saturated carbocycles. The van der Waals surface area contributed by atoms with Crippen LogP contribution in [0.1, 0.15) is 37.9 Å². The topological polar surface area (TPSA) is 70.1 Å². The van der Waals surface area contributed by atoms with Gasteiger partial charge in [-0.1, -0.05) is 13.0 Å². The van der Waals surface area contributed by atoms with Gasteiger partial charge >= 0.3 is 5.97 Å². The van der Waals surface area contributed by atoms with Gasteiger partial charge in [-0.05, 0) is 31.4 Å². The fourth-order valence-electron chi connectivity index (χ4n) is 2.40. The molecule has 0 unspecified atom stereocenters. The number of nitrogens with zero attached hydrogens (tertiary/aromatic N) is 2. The quantitative estimate of drug-likeness (QED) is 0.671. The summed E-state index contributed by atoms with van der Waals surface area (Å²) in [7, 11) is 0. The molecule has 2 N–H and O–H groups in total. The van der Waals surface area contributed by atoms with Crippen LogP contribution in [0.25, 0.3) is 11.0 Å². The molecule has 1 aliphatic carbocycles. The Morgan fingerprint density at radius 2 is 2.30 bits per heavy atom. The molecule has 0 saturated heterocycles. The van der Waals surface area contributed by atoms with Crippen molar-refractivity contribution in [2.75, 3.05) is 12.3 Å². The Morgan fingerprint density at radius 1 is 1.50 bits per heavy atom. The van der Waals surface area contributed by atoms with E-state index in [1.807, 2.05) is 29.7 Å². The molecule has 0 spiro atoms. The number of para-hydroxylation sites is 1. The molecule has 1 heterocycles. The van der Waals surface area contributed by atoms with Crippen LogP contribution in [-0.4, -0.2) is 22.1 Å². The Bertz CT molecular complexity index is 644. The normalized spacial score (nSPS) is 14.7. The molecule has 0 bridgehead atoms. The van der Waals surface area contributed by atoms with Crippen LogP contribution < -0.4 is 5.73 Å². The Labute approximate surface area is 117 Å². The molecule has 5 heteroatoms. The molecule has 1 aromatic heterocycles. The van der Waals surface area contributed by atoms with Gasteiger partial charge in [-0.15, -0.1) is 0 Å². The second kappa shape index (κ2) is 5.15. The van der Waals surface area contributed by atoms with E-state index in [1.165, 1.54) is 0 Å². The molecule has 1 aromatic carbocycles. The highest BCUT2D eigenvalue weighted by Crippen LogP contribution is 2.41. The summed E-state index contributed by atoms with van der Waals surface area (Å²) < 4.78 is 7.14. The number of rotatable bonds is 5. The van der Waals surface area contributed by atoms with Crippen molar-refractivity contribution in [1.82, 2.24) is 9.55 Å². The molecular weight excluding hydrogens is 254 g/mol. The highest BCUT2D eigenvalue weighted by molar-refractivity contribution is 5.88. The Hall–Kier alpha value is -2.04. The zero-order chi connectivity index (χ0) is 14.1. The van der Waals surface area contributed by atoms with E-state index in [2.05, 4.69) is 4.98 Å². The Balaban J connectivity index is 1.97. The van der Waals surface area contributed by atoms with Crippen molar-refractivity contribution in [3.8, 4) is 0 Å². The molecular formula is C15H19N3O2. The highest BCUT2D eigenvalue weighted by atomic mass is 16.5. The van der Waals surface area contributed by atoms with Gasteiger partial charge in [-0.3, -0.25) is 4.79 Å². The molecule has 3 rings (SSSR count). The maximum absolute atomic E-state index is 11.9. The van der Waals surface area contributed by atoms with Gasteiger partial charge in [-0.25, -0.2) is 4.98 Å². The van der Waals surface area contributed by atoms with Crippen LogP contribution in [0.2, 0.25) is 0 Å². The average Bonchev–Trinajstić information content (AvgIpc) is 3.21. The maximum Gasteiger partial charge on any atom is 0.326 e. The van der Waals surface area contributed by atoms with Crippen molar-refractivity contribution in [3.05, 3.63) is 24.0 Å². The minimum absolute atomic E-state index is 0.213. The zero-order valence-corrected chi connectivity index (χ0v) is 11.6. The van der Waals surface area contributed by atoms with E-state index in [1.54, 1.807) is 0 Å². The number of fused-ring (bicyclic) bond motifs is 1. The van der Waals surface area contributed by atoms with E-state index < -0.39 is 0 Å². The van der Waals surface area contributed by atoms with Crippen molar-refractivity contribution in [3.63, 3.8) is 0 Å². The highest BCUT2D eigenvalue weighted by Gasteiger charge is 2.30. The zero-order valence-electron chi connectivity index (χ0n) is 11.6. The predicted octanol–water partition coefficient (Wildman–Crippen LogP) is 2.45. The van der Waals surface area contributed by atoms with Crippen LogP contribution in [-0.2, 0) is 16.1 Å². The lowest BCUT2D eigenvalue weighted by Crippen LogP contribution is -2.15. The summed E-state index contributed by atoms with van der Waals surface area (Å²) in [6, 6.07) is 5.69. The summed E-state index contributed by atoms with van der Waals surface area (Å²) in [6.07, 6.45) is 3.10. The maximum atomic E-state index is 11.9. The van der Waals surface area contributed by atoms with Crippen molar-refractivity contribution in [2.45, 2.75) is 38.6 Å². The standard InChI is InChI=1S/C15H19N3O2/c1-2-8-20-13(19)9-18-12-5-3-4-11(16)14(12)17-15(18)10-6-7-10/h3-5,10H,2,6-9,16H2,1H3. The van der Waals surface area contributed by atoms with Crippen molar-refractivity contribution < 1.29 is 9.53 Å². The van der Waals surface area contributed by atoms with Gasteiger partial charge in [0.05, 0.1) is 17.8 Å². The molecule has 0 radical (unpaired) electrons. The van der Waals surface area contributed by atoms with Crippen LogP contribution in [0.3, 0.4) is 0 Å². The molecule has 0 aliphatic heterocycles. The number of anilines is 1. The SMILES string of the molecule is CCCOC(=O)Cn1c(C2CC2)nc2c(N)cccc21. The molecule has 1 aliphatic rings. The third-order valence-corrected chi connectivity index (χ3v) is 3.54. The second-order valence-electron chi connectivity index (χ2n) is 5.27. The van der Waals surface area contributed by atoms with Crippen molar-refractivity contribution in [1.29, 1.82) is 0 Å². The number of nitrogens with two attached hydrogens (primary N) is 1. The summed E-state index contributed by atoms with van der Waals surface area (Å²) >= 11 is 0. The summed E-state index contributed by atoms with van der Waals surface area (Å²) in [4.78, 5) is 16.5. The largest absolute Gasteiger partial charge is 0.464 e. The van der Waals surface area contributed by atoms with E-state index in [0.29, 0.717) is 18.2 Å². The monoisotopic (exact) mass is 273 g/mol. The van der Waals surface area contributed by atoms with E-state index in [9.17, 15) is 4.79 Å². The predicted molar refractivity (Wildman–Crippen MR) is 77.4 cm³/mol. The van der Waals surface area contributed by atoms with Gasteiger partial charge in [0, 0.05) is 5.92 Å². The first-order chi connectivity index (χ1) is 9.70. The average molecular weight is 273 g/mol. The van der Waals surface area contributed by atoms with Crippen LogP contribution >= 0.6 is 0 Å². The summed E-state index contributed by atoms with van der Waals surface area (Å²) in [6.45, 7) is 2.66. The van der Waals surface area contributed by atoms with Gasteiger partial charge in [-0.2, -0.15) is 0 Å². The fourth-order valence-corrected chi connectivity index (χ4v) is 2.40. The van der Waals surface area contributed by atoms with E-state index >= 15 is 0 Å². The first-order valence-corrected chi connectivity index (χ1v) is 7.11. The smallest absolute Gasteiger partial charge is 0.326 e. The minimum Gasteiger partial charge on any atom is -0.464 e. The van der Waals surface area contributed by atoms with E-state index in [0.717, 1.165) is 36.1 Å². The van der Waals surface area contributed by atoms with Gasteiger partial charge in [0.25, 0.3) is 0 Å². The number of benzene rings is 1. The van der Waals surface area contributed by atoms with E-state index in [4.69, 9.17) is 10.5 Å². The lowest BCUT2D eigenvalue weighted by atomic mass is 10.3. The third kappa shape index (κ3) is 2.35. The summed E-state index contributed by atoms with van der Waals surface area (Å²) in [5.74, 6) is 1.21. The second-order valence-corrected chi connectivity index (χ2v) is 5.27. The number of esters is 1. The lowest BCUT2D eigenvalue weighted by Gasteiger charge is -2.08. The summed E-state index contributed by atoms with van der Waals surface area (Å²) in [5, 5.41) is 0. The number of carbonyl (C=O) groups excluding carboxylic acids is 1. The minimum atomic E-state index is -0.213. The van der Waals surface area contributed by atoms with E-state index in [-0.39, 0.29) is 12.5 Å². The molecule has 20 heavy (non-hydrogen) atoms. The van der Waals surface area contributed by atoms with Crippen LogP contribution in [0.15, 0.2) is 18.2 Å². The number of aromatic nitrogens is 2. The van der Waals surface area contributed by atoms with Crippen LogP contribution in [0, 0.1) is 0 Å². The first kappa shape index (κ1) is 13.0. The molecule has 2 aromatic rings. The van der Waals surface area contributed by atoms with Crippen molar-refractivity contribution >= 4 is 22.7 Å². The van der Waals surface area contributed by atoms with Crippen LogP contribution in [0.5, 0.6) is 0 Å². The fraction of sp³-hybridized carbons (Fsp3) is 0.467. The first-order valence-electron chi connectivity index (χ1n) is 7.11.